The van der Waals surface area contributed by atoms with Crippen molar-refractivity contribution < 1.29 is 4.52 Å². The molecule has 1 fully saturated rings. The maximum absolute atomic E-state index is 5.38. The van der Waals surface area contributed by atoms with Gasteiger partial charge >= 0.3 is 0 Å². The minimum absolute atomic E-state index is 0.429. The van der Waals surface area contributed by atoms with Crippen molar-refractivity contribution in [1.29, 1.82) is 0 Å². The summed E-state index contributed by atoms with van der Waals surface area (Å²) in [6.45, 7) is 3.22. The molecule has 114 valence electrons. The standard InChI is InChI=1S/C14H22N6O/c1-2-7-15-11(10-5-3-4-6-10)8-13-17-14(19-21-13)12-9-16-20-18-12/h9-11,15H,2-8H2,1H3,(H,16,18,20). The smallest absolute Gasteiger partial charge is 0.228 e. The molecule has 1 atom stereocenters. The van der Waals surface area contributed by atoms with Crippen molar-refractivity contribution in [2.45, 2.75) is 51.5 Å². The topological polar surface area (TPSA) is 92.5 Å². The zero-order valence-corrected chi connectivity index (χ0v) is 12.4. The Morgan fingerprint density at radius 2 is 2.29 bits per heavy atom. The van der Waals surface area contributed by atoms with Crippen LogP contribution in [0.1, 0.15) is 44.9 Å². The molecule has 2 N–H and O–H groups in total. The molecule has 0 aromatic carbocycles. The van der Waals surface area contributed by atoms with E-state index in [4.69, 9.17) is 4.52 Å². The molecule has 0 spiro atoms. The van der Waals surface area contributed by atoms with Gasteiger partial charge in [0.25, 0.3) is 0 Å². The molecule has 1 saturated carbocycles. The van der Waals surface area contributed by atoms with Gasteiger partial charge in [-0.25, -0.2) is 0 Å². The molecule has 0 aliphatic heterocycles. The third kappa shape index (κ3) is 3.47. The summed E-state index contributed by atoms with van der Waals surface area (Å²) in [7, 11) is 0. The second kappa shape index (κ2) is 6.80. The highest BCUT2D eigenvalue weighted by Crippen LogP contribution is 2.29. The van der Waals surface area contributed by atoms with Crippen molar-refractivity contribution in [2.75, 3.05) is 6.54 Å². The van der Waals surface area contributed by atoms with Crippen LogP contribution in [0.25, 0.3) is 11.5 Å². The fourth-order valence-electron chi connectivity index (χ4n) is 3.03. The number of H-pyrrole nitrogens is 1. The zero-order valence-electron chi connectivity index (χ0n) is 12.4. The molecule has 21 heavy (non-hydrogen) atoms. The molecule has 7 nitrogen and oxygen atoms in total. The molecule has 2 heterocycles. The van der Waals surface area contributed by atoms with Crippen molar-refractivity contribution in [3.8, 4) is 11.5 Å². The summed E-state index contributed by atoms with van der Waals surface area (Å²) < 4.78 is 5.38. The van der Waals surface area contributed by atoms with E-state index < -0.39 is 0 Å². The van der Waals surface area contributed by atoms with Crippen LogP contribution in [-0.2, 0) is 6.42 Å². The lowest BCUT2D eigenvalue weighted by atomic mass is 9.95. The van der Waals surface area contributed by atoms with E-state index in [2.05, 4.69) is 37.8 Å². The van der Waals surface area contributed by atoms with Gasteiger partial charge in [0.1, 0.15) is 0 Å². The molecule has 0 amide bonds. The number of hydrogen-bond donors (Lipinski definition) is 2. The molecule has 2 aromatic heterocycles. The monoisotopic (exact) mass is 290 g/mol. The fraction of sp³-hybridized carbons (Fsp3) is 0.714. The first kappa shape index (κ1) is 14.2. The van der Waals surface area contributed by atoms with Crippen LogP contribution in [0.3, 0.4) is 0 Å². The normalized spacial score (nSPS) is 17.4. The van der Waals surface area contributed by atoms with E-state index in [0.29, 0.717) is 23.5 Å². The van der Waals surface area contributed by atoms with Crippen molar-refractivity contribution in [1.82, 2.24) is 30.9 Å². The first-order valence-corrected chi connectivity index (χ1v) is 7.79. The maximum Gasteiger partial charge on any atom is 0.228 e. The third-order valence-electron chi connectivity index (χ3n) is 4.13. The lowest BCUT2D eigenvalue weighted by Gasteiger charge is -2.23. The van der Waals surface area contributed by atoms with E-state index in [1.807, 2.05) is 0 Å². The lowest BCUT2D eigenvalue weighted by molar-refractivity contribution is 0.308. The predicted octanol–water partition coefficient (Wildman–Crippen LogP) is 1.96. The van der Waals surface area contributed by atoms with Gasteiger partial charge in [0.05, 0.1) is 6.20 Å². The molecular formula is C14H22N6O. The van der Waals surface area contributed by atoms with E-state index in [9.17, 15) is 0 Å². The van der Waals surface area contributed by atoms with E-state index in [-0.39, 0.29) is 0 Å². The van der Waals surface area contributed by atoms with Crippen molar-refractivity contribution in [3.05, 3.63) is 12.1 Å². The molecule has 7 heteroatoms. The maximum atomic E-state index is 5.38. The minimum atomic E-state index is 0.429. The molecular weight excluding hydrogens is 268 g/mol. The van der Waals surface area contributed by atoms with Gasteiger partial charge in [-0.1, -0.05) is 24.9 Å². The molecule has 1 unspecified atom stereocenters. The number of hydrogen-bond acceptors (Lipinski definition) is 6. The Bertz CT molecular complexity index is 531. The Hall–Kier alpha value is -1.76. The second-order valence-corrected chi connectivity index (χ2v) is 5.68. The van der Waals surface area contributed by atoms with Crippen LogP contribution >= 0.6 is 0 Å². The summed E-state index contributed by atoms with van der Waals surface area (Å²) >= 11 is 0. The van der Waals surface area contributed by atoms with Crippen LogP contribution in [0.2, 0.25) is 0 Å². The Morgan fingerprint density at radius 3 is 3.00 bits per heavy atom. The summed E-state index contributed by atoms with van der Waals surface area (Å²) in [5.41, 5.74) is 0.615. The van der Waals surface area contributed by atoms with Crippen LogP contribution in [0, 0.1) is 5.92 Å². The van der Waals surface area contributed by atoms with Gasteiger partial charge in [0.15, 0.2) is 5.69 Å². The number of nitrogens with zero attached hydrogens (tertiary/aromatic N) is 4. The van der Waals surface area contributed by atoms with E-state index >= 15 is 0 Å². The van der Waals surface area contributed by atoms with Crippen LogP contribution in [0.5, 0.6) is 0 Å². The van der Waals surface area contributed by atoms with Crippen LogP contribution in [0.15, 0.2) is 10.7 Å². The zero-order chi connectivity index (χ0) is 14.5. The predicted molar refractivity (Wildman–Crippen MR) is 77.4 cm³/mol. The summed E-state index contributed by atoms with van der Waals surface area (Å²) in [6.07, 6.45) is 8.79. The quantitative estimate of drug-likeness (QED) is 0.809. The highest BCUT2D eigenvalue weighted by atomic mass is 16.5. The summed E-state index contributed by atoms with van der Waals surface area (Å²) in [4.78, 5) is 4.43. The highest BCUT2D eigenvalue weighted by molar-refractivity contribution is 5.44. The Kier molecular flexibility index (Phi) is 4.59. The lowest BCUT2D eigenvalue weighted by Crippen LogP contribution is -2.37. The van der Waals surface area contributed by atoms with Crippen molar-refractivity contribution >= 4 is 0 Å². The largest absolute Gasteiger partial charge is 0.339 e. The summed E-state index contributed by atoms with van der Waals surface area (Å²) in [5.74, 6) is 1.90. The second-order valence-electron chi connectivity index (χ2n) is 5.68. The summed E-state index contributed by atoms with van der Waals surface area (Å²) in [5, 5.41) is 17.9. The SMILES string of the molecule is CCCNC(Cc1nc(-c2cn[nH]n2)no1)C1CCCC1. The molecule has 1 aliphatic carbocycles. The van der Waals surface area contributed by atoms with Crippen LogP contribution < -0.4 is 5.32 Å². The van der Waals surface area contributed by atoms with Gasteiger partial charge in [-0.15, -0.1) is 0 Å². The van der Waals surface area contributed by atoms with E-state index in [1.165, 1.54) is 25.7 Å². The van der Waals surface area contributed by atoms with Gasteiger partial charge in [0, 0.05) is 12.5 Å². The van der Waals surface area contributed by atoms with E-state index in [1.54, 1.807) is 6.20 Å². The summed E-state index contributed by atoms with van der Waals surface area (Å²) in [6, 6.07) is 0.429. The highest BCUT2D eigenvalue weighted by Gasteiger charge is 2.26. The molecule has 2 aromatic rings. The van der Waals surface area contributed by atoms with Crippen molar-refractivity contribution in [3.63, 3.8) is 0 Å². The van der Waals surface area contributed by atoms with Crippen LogP contribution in [-0.4, -0.2) is 38.1 Å². The van der Waals surface area contributed by atoms with Crippen molar-refractivity contribution in [2.24, 2.45) is 5.92 Å². The van der Waals surface area contributed by atoms with Gasteiger partial charge in [-0.05, 0) is 31.7 Å². The number of nitrogens with one attached hydrogen (secondary N) is 2. The number of aromatic amines is 1. The first-order chi connectivity index (χ1) is 10.4. The minimum Gasteiger partial charge on any atom is -0.339 e. The molecule has 1 aliphatic rings. The van der Waals surface area contributed by atoms with Crippen LogP contribution in [0.4, 0.5) is 0 Å². The molecule has 3 rings (SSSR count). The Balaban J connectivity index is 1.67. The number of aromatic nitrogens is 5. The average Bonchev–Trinajstić information content (AvgIpc) is 3.24. The Labute approximate surface area is 123 Å². The van der Waals surface area contributed by atoms with Gasteiger partial charge in [-0.2, -0.15) is 20.4 Å². The average molecular weight is 290 g/mol. The van der Waals surface area contributed by atoms with Gasteiger partial charge < -0.3 is 9.84 Å². The third-order valence-corrected chi connectivity index (χ3v) is 4.13. The van der Waals surface area contributed by atoms with Gasteiger partial charge in [0.2, 0.25) is 11.7 Å². The molecule has 0 saturated heterocycles. The van der Waals surface area contributed by atoms with E-state index in [0.717, 1.165) is 25.3 Å². The fourth-order valence-corrected chi connectivity index (χ4v) is 3.03. The Morgan fingerprint density at radius 1 is 1.43 bits per heavy atom. The van der Waals surface area contributed by atoms with Gasteiger partial charge in [-0.3, -0.25) is 0 Å². The molecule has 0 bridgehead atoms. The molecule has 0 radical (unpaired) electrons. The number of rotatable bonds is 7. The first-order valence-electron chi connectivity index (χ1n) is 7.79.